The maximum Gasteiger partial charge on any atom is 0.332 e. The summed E-state index contributed by atoms with van der Waals surface area (Å²) in [6, 6.07) is 3.84. The van der Waals surface area contributed by atoms with Crippen LogP contribution in [0.15, 0.2) is 29.3 Å². The van der Waals surface area contributed by atoms with E-state index in [2.05, 4.69) is 10.5 Å². The summed E-state index contributed by atoms with van der Waals surface area (Å²) >= 11 is 5.90. The van der Waals surface area contributed by atoms with Gasteiger partial charge >= 0.3 is 6.03 Å². The van der Waals surface area contributed by atoms with Crippen molar-refractivity contribution in [2.75, 3.05) is 11.7 Å². The molecule has 1 aromatic carbocycles. The Bertz CT molecular complexity index is 814. The van der Waals surface area contributed by atoms with Gasteiger partial charge in [0.05, 0.1) is 21.8 Å². The number of nitrogens with two attached hydrogens (primary N) is 1. The zero-order valence-electron chi connectivity index (χ0n) is 11.3. The first-order valence-corrected chi connectivity index (χ1v) is 8.08. The van der Waals surface area contributed by atoms with Gasteiger partial charge in [0.15, 0.2) is 9.84 Å². The van der Waals surface area contributed by atoms with E-state index in [0.717, 1.165) is 11.8 Å². The molecule has 2 amide bonds. The normalized spacial score (nSPS) is 11.4. The number of carbonyl (C=O) groups is 1. The molecule has 1 heterocycles. The fourth-order valence-electron chi connectivity index (χ4n) is 1.85. The van der Waals surface area contributed by atoms with Crippen molar-refractivity contribution in [1.29, 1.82) is 0 Å². The Hall–Kier alpha value is -2.06. The van der Waals surface area contributed by atoms with Crippen LogP contribution in [-0.4, -0.2) is 30.6 Å². The lowest BCUT2D eigenvalue weighted by atomic mass is 10.1. The van der Waals surface area contributed by atoms with Gasteiger partial charge in [-0.1, -0.05) is 17.7 Å². The number of benzene rings is 1. The van der Waals surface area contributed by atoms with Gasteiger partial charge in [-0.25, -0.2) is 18.6 Å². The van der Waals surface area contributed by atoms with Crippen LogP contribution in [0.2, 0.25) is 5.02 Å². The lowest BCUT2D eigenvalue weighted by molar-refractivity contribution is 0.256. The maximum atomic E-state index is 11.7. The van der Waals surface area contributed by atoms with Crippen LogP contribution in [0.3, 0.4) is 0 Å². The second-order valence-electron chi connectivity index (χ2n) is 4.50. The van der Waals surface area contributed by atoms with Crippen molar-refractivity contribution in [2.24, 2.45) is 5.73 Å². The Kier molecular flexibility index (Phi) is 3.93. The molecular formula is C12H13ClN4O3S. The van der Waals surface area contributed by atoms with Crippen LogP contribution in [0, 0.1) is 6.92 Å². The van der Waals surface area contributed by atoms with Crippen molar-refractivity contribution in [3.8, 4) is 11.3 Å². The number of aryl methyl sites for hydroxylation is 1. The SMILES string of the molecule is Cc1cn(NC(N)=O)nc1-c1ccc(Cl)c(S(C)(=O)=O)c1. The molecule has 0 aliphatic rings. The summed E-state index contributed by atoms with van der Waals surface area (Å²) in [5, 5.41) is 4.29. The smallest absolute Gasteiger partial charge is 0.332 e. The van der Waals surface area contributed by atoms with Crippen molar-refractivity contribution in [3.05, 3.63) is 35.0 Å². The van der Waals surface area contributed by atoms with Gasteiger partial charge in [0.1, 0.15) is 0 Å². The molecule has 0 radical (unpaired) electrons. The third kappa shape index (κ3) is 3.34. The number of amides is 2. The van der Waals surface area contributed by atoms with E-state index in [1.807, 2.05) is 0 Å². The molecule has 0 atom stereocenters. The lowest BCUT2D eigenvalue weighted by Crippen LogP contribution is -2.28. The van der Waals surface area contributed by atoms with E-state index in [1.54, 1.807) is 19.2 Å². The molecule has 0 saturated heterocycles. The molecule has 7 nitrogen and oxygen atoms in total. The minimum Gasteiger partial charge on any atom is -0.350 e. The first-order valence-electron chi connectivity index (χ1n) is 5.81. The highest BCUT2D eigenvalue weighted by Crippen LogP contribution is 2.28. The summed E-state index contributed by atoms with van der Waals surface area (Å²) in [7, 11) is -3.45. The average molecular weight is 329 g/mol. The third-order valence-electron chi connectivity index (χ3n) is 2.73. The highest BCUT2D eigenvalue weighted by Gasteiger charge is 2.16. The maximum absolute atomic E-state index is 11.7. The molecule has 0 unspecified atom stereocenters. The number of hydrogen-bond donors (Lipinski definition) is 2. The Morgan fingerprint density at radius 1 is 1.43 bits per heavy atom. The number of primary amides is 1. The monoisotopic (exact) mass is 328 g/mol. The number of urea groups is 1. The van der Waals surface area contributed by atoms with Gasteiger partial charge < -0.3 is 5.73 Å². The van der Waals surface area contributed by atoms with Crippen molar-refractivity contribution < 1.29 is 13.2 Å². The second-order valence-corrected chi connectivity index (χ2v) is 6.89. The number of halogens is 1. The first-order chi connectivity index (χ1) is 9.68. The van der Waals surface area contributed by atoms with Gasteiger partial charge in [-0.3, -0.25) is 0 Å². The van der Waals surface area contributed by atoms with Crippen LogP contribution in [0.4, 0.5) is 4.79 Å². The van der Waals surface area contributed by atoms with Crippen LogP contribution < -0.4 is 11.2 Å². The molecule has 2 rings (SSSR count). The lowest BCUT2D eigenvalue weighted by Gasteiger charge is -2.05. The third-order valence-corrected chi connectivity index (χ3v) is 4.30. The number of aromatic nitrogens is 2. The molecule has 112 valence electrons. The Morgan fingerprint density at radius 2 is 2.10 bits per heavy atom. The molecule has 1 aromatic heterocycles. The van der Waals surface area contributed by atoms with Crippen molar-refractivity contribution >= 4 is 27.5 Å². The van der Waals surface area contributed by atoms with Gasteiger partial charge in [0.2, 0.25) is 0 Å². The highest BCUT2D eigenvalue weighted by atomic mass is 35.5. The van der Waals surface area contributed by atoms with Gasteiger partial charge in [-0.15, -0.1) is 0 Å². The van der Waals surface area contributed by atoms with E-state index in [4.69, 9.17) is 17.3 Å². The Labute approximate surface area is 126 Å². The average Bonchev–Trinajstić information content (AvgIpc) is 2.68. The first kappa shape index (κ1) is 15.3. The van der Waals surface area contributed by atoms with Crippen LogP contribution in [0.25, 0.3) is 11.3 Å². The summed E-state index contributed by atoms with van der Waals surface area (Å²) in [4.78, 5) is 12.0. The quantitative estimate of drug-likeness (QED) is 0.890. The Morgan fingerprint density at radius 3 is 2.67 bits per heavy atom. The fourth-order valence-corrected chi connectivity index (χ4v) is 3.15. The van der Waals surface area contributed by atoms with Gasteiger partial charge in [0, 0.05) is 11.8 Å². The van der Waals surface area contributed by atoms with Crippen LogP contribution >= 0.6 is 11.6 Å². The number of rotatable bonds is 3. The van der Waals surface area contributed by atoms with Crippen LogP contribution in [0.1, 0.15) is 5.56 Å². The van der Waals surface area contributed by atoms with Gasteiger partial charge in [0.25, 0.3) is 0 Å². The van der Waals surface area contributed by atoms with Crippen molar-refractivity contribution in [3.63, 3.8) is 0 Å². The molecular weight excluding hydrogens is 316 g/mol. The van der Waals surface area contributed by atoms with Crippen molar-refractivity contribution in [2.45, 2.75) is 11.8 Å². The number of nitrogens with zero attached hydrogens (tertiary/aromatic N) is 2. The summed E-state index contributed by atoms with van der Waals surface area (Å²) < 4.78 is 23.4. The summed E-state index contributed by atoms with van der Waals surface area (Å²) in [5.74, 6) is 0. The minimum atomic E-state index is -3.45. The number of hydrogen-bond acceptors (Lipinski definition) is 4. The fraction of sp³-hybridized carbons (Fsp3) is 0.167. The molecule has 9 heteroatoms. The van der Waals surface area contributed by atoms with Gasteiger partial charge in [-0.05, 0) is 24.6 Å². The van der Waals surface area contributed by atoms with E-state index in [0.29, 0.717) is 11.3 Å². The van der Waals surface area contributed by atoms with E-state index < -0.39 is 15.9 Å². The van der Waals surface area contributed by atoms with E-state index in [-0.39, 0.29) is 9.92 Å². The molecule has 0 saturated carbocycles. The number of sulfone groups is 1. The Balaban J connectivity index is 2.53. The standard InChI is InChI=1S/C12H13ClN4O3S/c1-7-6-17(16-12(14)18)15-11(7)8-3-4-9(13)10(5-8)21(2,19)20/h3-6H,1-2H3,(H3,14,16,18). The van der Waals surface area contributed by atoms with E-state index in [9.17, 15) is 13.2 Å². The second kappa shape index (κ2) is 5.38. The molecule has 0 bridgehead atoms. The molecule has 0 spiro atoms. The predicted molar refractivity (Wildman–Crippen MR) is 79.5 cm³/mol. The highest BCUT2D eigenvalue weighted by molar-refractivity contribution is 7.90. The minimum absolute atomic E-state index is 0.0264. The largest absolute Gasteiger partial charge is 0.350 e. The molecule has 0 aliphatic heterocycles. The summed E-state index contributed by atoms with van der Waals surface area (Å²) in [6.45, 7) is 1.77. The molecule has 21 heavy (non-hydrogen) atoms. The van der Waals surface area contributed by atoms with Crippen molar-refractivity contribution in [1.82, 2.24) is 9.89 Å². The molecule has 0 fully saturated rings. The summed E-state index contributed by atoms with van der Waals surface area (Å²) in [6.07, 6.45) is 2.65. The molecule has 0 aliphatic carbocycles. The number of carbonyl (C=O) groups excluding carboxylic acids is 1. The topological polar surface area (TPSA) is 107 Å². The van der Waals surface area contributed by atoms with Crippen LogP contribution in [0.5, 0.6) is 0 Å². The summed E-state index contributed by atoms with van der Waals surface area (Å²) in [5.41, 5.74) is 9.14. The predicted octanol–water partition coefficient (Wildman–Crippen LogP) is 1.54. The molecule has 3 N–H and O–H groups in total. The molecule has 2 aromatic rings. The van der Waals surface area contributed by atoms with E-state index in [1.165, 1.54) is 16.9 Å². The van der Waals surface area contributed by atoms with Crippen LogP contribution in [-0.2, 0) is 9.84 Å². The zero-order chi connectivity index (χ0) is 15.8. The number of nitrogens with one attached hydrogen (secondary N) is 1. The van der Waals surface area contributed by atoms with E-state index >= 15 is 0 Å². The van der Waals surface area contributed by atoms with Gasteiger partial charge in [-0.2, -0.15) is 9.89 Å². The zero-order valence-corrected chi connectivity index (χ0v) is 12.9.